The Balaban J connectivity index is 2.64. The van der Waals surface area contributed by atoms with Crippen LogP contribution in [-0.2, 0) is 16.0 Å². The minimum Gasteiger partial charge on any atom is -0.347 e. The third-order valence-electron chi connectivity index (χ3n) is 1.87. The fourth-order valence-corrected chi connectivity index (χ4v) is 1.16. The maximum Gasteiger partial charge on any atom is 0.261 e. The van der Waals surface area contributed by atoms with E-state index in [2.05, 4.69) is 5.32 Å². The van der Waals surface area contributed by atoms with E-state index < -0.39 is 11.9 Å². The standard InChI is InChI=1S/C10H11N2O2/c11-10(14)9(12-7-13)6-8-4-2-1-3-5-8/h1-5,7,9,11H,6H2,(H,12,13). The van der Waals surface area contributed by atoms with Gasteiger partial charge in [-0.1, -0.05) is 30.3 Å². The van der Waals surface area contributed by atoms with Crippen molar-refractivity contribution in [1.82, 2.24) is 11.1 Å². The van der Waals surface area contributed by atoms with E-state index in [9.17, 15) is 9.59 Å². The number of benzene rings is 1. The Kier molecular flexibility index (Phi) is 3.67. The van der Waals surface area contributed by atoms with E-state index in [1.807, 2.05) is 30.3 Å². The summed E-state index contributed by atoms with van der Waals surface area (Å²) >= 11 is 0. The van der Waals surface area contributed by atoms with Gasteiger partial charge in [0, 0.05) is 6.42 Å². The van der Waals surface area contributed by atoms with Crippen LogP contribution < -0.4 is 11.1 Å². The monoisotopic (exact) mass is 191 g/mol. The summed E-state index contributed by atoms with van der Waals surface area (Å²) in [5, 5.41) is 2.31. The van der Waals surface area contributed by atoms with Crippen LogP contribution >= 0.6 is 0 Å². The van der Waals surface area contributed by atoms with E-state index in [0.29, 0.717) is 12.8 Å². The van der Waals surface area contributed by atoms with Crippen LogP contribution in [0, 0.1) is 0 Å². The zero-order valence-electron chi connectivity index (χ0n) is 7.57. The molecule has 1 aromatic rings. The van der Waals surface area contributed by atoms with E-state index in [0.717, 1.165) is 5.56 Å². The van der Waals surface area contributed by atoms with Crippen LogP contribution in [0.4, 0.5) is 0 Å². The predicted octanol–water partition coefficient (Wildman–Crippen LogP) is 0.153. The molecule has 0 aromatic heterocycles. The minimum atomic E-state index is -0.777. The first kappa shape index (κ1) is 10.2. The van der Waals surface area contributed by atoms with Gasteiger partial charge in [0.15, 0.2) is 0 Å². The van der Waals surface area contributed by atoms with Crippen molar-refractivity contribution in [3.8, 4) is 0 Å². The first-order valence-electron chi connectivity index (χ1n) is 4.23. The Bertz CT molecular complexity index is 311. The van der Waals surface area contributed by atoms with Crippen molar-refractivity contribution < 1.29 is 9.59 Å². The largest absolute Gasteiger partial charge is 0.347 e. The van der Waals surface area contributed by atoms with E-state index in [1.54, 1.807) is 0 Å². The highest BCUT2D eigenvalue weighted by atomic mass is 16.2. The maximum atomic E-state index is 10.8. The first-order valence-corrected chi connectivity index (χ1v) is 4.23. The summed E-state index contributed by atoms with van der Waals surface area (Å²) in [6, 6.07) is 8.53. The second kappa shape index (κ2) is 5.01. The molecule has 0 bridgehead atoms. The molecule has 73 valence electrons. The molecule has 4 heteroatoms. The molecule has 1 atom stereocenters. The normalized spacial score (nSPS) is 11.7. The molecule has 0 aliphatic rings. The van der Waals surface area contributed by atoms with Crippen molar-refractivity contribution in [1.29, 1.82) is 0 Å². The van der Waals surface area contributed by atoms with Gasteiger partial charge in [-0.15, -0.1) is 0 Å². The molecular formula is C10H11N2O2. The van der Waals surface area contributed by atoms with Gasteiger partial charge in [-0.3, -0.25) is 15.3 Å². The highest BCUT2D eigenvalue weighted by Crippen LogP contribution is 2.02. The average molecular weight is 191 g/mol. The van der Waals surface area contributed by atoms with Crippen LogP contribution in [0.1, 0.15) is 5.56 Å². The van der Waals surface area contributed by atoms with Crippen LogP contribution in [0.15, 0.2) is 30.3 Å². The van der Waals surface area contributed by atoms with Crippen molar-refractivity contribution in [3.05, 3.63) is 35.9 Å². The number of hydrogen-bond donors (Lipinski definition) is 1. The van der Waals surface area contributed by atoms with Gasteiger partial charge in [0.25, 0.3) is 5.91 Å². The molecular weight excluding hydrogens is 180 g/mol. The SMILES string of the molecule is [NH]C(=O)C(Cc1ccccc1)NC=O. The molecule has 1 unspecified atom stereocenters. The highest BCUT2D eigenvalue weighted by Gasteiger charge is 2.14. The lowest BCUT2D eigenvalue weighted by atomic mass is 10.1. The van der Waals surface area contributed by atoms with Crippen molar-refractivity contribution in [3.63, 3.8) is 0 Å². The molecule has 2 N–H and O–H groups in total. The smallest absolute Gasteiger partial charge is 0.261 e. The second-order valence-electron chi connectivity index (χ2n) is 2.89. The summed E-state index contributed by atoms with van der Waals surface area (Å²) in [5.41, 5.74) is 7.85. The average Bonchev–Trinajstić information content (AvgIpc) is 2.18. The van der Waals surface area contributed by atoms with E-state index in [4.69, 9.17) is 5.73 Å². The molecule has 1 aromatic carbocycles. The van der Waals surface area contributed by atoms with Crippen molar-refractivity contribution in [2.75, 3.05) is 0 Å². The van der Waals surface area contributed by atoms with Gasteiger partial charge in [-0.2, -0.15) is 0 Å². The lowest BCUT2D eigenvalue weighted by molar-refractivity contribution is -0.123. The molecule has 0 aliphatic heterocycles. The highest BCUT2D eigenvalue weighted by molar-refractivity contribution is 5.81. The van der Waals surface area contributed by atoms with Crippen LogP contribution in [-0.4, -0.2) is 18.4 Å². The van der Waals surface area contributed by atoms with Gasteiger partial charge in [0.1, 0.15) is 6.04 Å². The van der Waals surface area contributed by atoms with Crippen molar-refractivity contribution in [2.24, 2.45) is 0 Å². The predicted molar refractivity (Wildman–Crippen MR) is 51.2 cm³/mol. The minimum absolute atomic E-state index is 0.363. The number of hydrogen-bond acceptors (Lipinski definition) is 2. The lowest BCUT2D eigenvalue weighted by Gasteiger charge is -2.10. The van der Waals surface area contributed by atoms with Crippen LogP contribution in [0.3, 0.4) is 0 Å². The molecule has 0 heterocycles. The van der Waals surface area contributed by atoms with Crippen molar-refractivity contribution >= 4 is 12.3 Å². The van der Waals surface area contributed by atoms with Gasteiger partial charge < -0.3 is 5.32 Å². The van der Waals surface area contributed by atoms with E-state index in [1.165, 1.54) is 0 Å². The van der Waals surface area contributed by atoms with Gasteiger partial charge in [-0.05, 0) is 5.56 Å². The summed E-state index contributed by atoms with van der Waals surface area (Å²) in [4.78, 5) is 20.9. The Hall–Kier alpha value is -1.84. The molecule has 1 radical (unpaired) electrons. The maximum absolute atomic E-state index is 10.8. The van der Waals surface area contributed by atoms with Crippen LogP contribution in [0.5, 0.6) is 0 Å². The van der Waals surface area contributed by atoms with Gasteiger partial charge in [0.2, 0.25) is 6.41 Å². The molecule has 0 spiro atoms. The quantitative estimate of drug-likeness (QED) is 0.673. The number of amides is 2. The third-order valence-corrected chi connectivity index (χ3v) is 1.87. The zero-order valence-corrected chi connectivity index (χ0v) is 7.57. The Morgan fingerprint density at radius 2 is 2.07 bits per heavy atom. The van der Waals surface area contributed by atoms with Gasteiger partial charge >= 0.3 is 0 Å². The summed E-state index contributed by atoms with van der Waals surface area (Å²) in [7, 11) is 0. The fraction of sp³-hybridized carbons (Fsp3) is 0.200. The Morgan fingerprint density at radius 1 is 1.43 bits per heavy atom. The number of carbonyl (C=O) groups excluding carboxylic acids is 2. The topological polar surface area (TPSA) is 70.0 Å². The van der Waals surface area contributed by atoms with E-state index in [-0.39, 0.29) is 0 Å². The zero-order chi connectivity index (χ0) is 10.4. The number of nitrogens with one attached hydrogen (secondary N) is 2. The molecule has 4 nitrogen and oxygen atoms in total. The van der Waals surface area contributed by atoms with Crippen LogP contribution in [0.2, 0.25) is 0 Å². The second-order valence-corrected chi connectivity index (χ2v) is 2.89. The summed E-state index contributed by atoms with van der Waals surface area (Å²) in [6.45, 7) is 0. The first-order chi connectivity index (χ1) is 6.74. The Morgan fingerprint density at radius 3 is 2.57 bits per heavy atom. The fourth-order valence-electron chi connectivity index (χ4n) is 1.16. The third kappa shape index (κ3) is 2.90. The summed E-state index contributed by atoms with van der Waals surface area (Å²) in [5.74, 6) is -0.777. The molecule has 0 fully saturated rings. The lowest BCUT2D eigenvalue weighted by Crippen LogP contribution is -2.38. The molecule has 14 heavy (non-hydrogen) atoms. The van der Waals surface area contributed by atoms with Crippen molar-refractivity contribution in [2.45, 2.75) is 12.5 Å². The summed E-state index contributed by atoms with van der Waals surface area (Å²) < 4.78 is 0. The molecule has 1 rings (SSSR count). The van der Waals surface area contributed by atoms with Gasteiger partial charge in [-0.25, -0.2) is 0 Å². The van der Waals surface area contributed by atoms with E-state index >= 15 is 0 Å². The molecule has 0 aliphatic carbocycles. The van der Waals surface area contributed by atoms with Crippen LogP contribution in [0.25, 0.3) is 0 Å². The number of rotatable bonds is 5. The Labute approximate surface area is 82.1 Å². The van der Waals surface area contributed by atoms with Gasteiger partial charge in [0.05, 0.1) is 0 Å². The summed E-state index contributed by atoms with van der Waals surface area (Å²) in [6.07, 6.45) is 0.807. The molecule has 2 amide bonds. The molecule has 0 saturated heterocycles. The number of carbonyl (C=O) groups is 2. The molecule has 0 saturated carbocycles.